The van der Waals surface area contributed by atoms with Crippen molar-refractivity contribution in [1.29, 1.82) is 0 Å². The number of aryl methyl sites for hydroxylation is 1. The molecule has 0 saturated carbocycles. The van der Waals surface area contributed by atoms with Gasteiger partial charge in [-0.1, -0.05) is 29.8 Å². The van der Waals surface area contributed by atoms with Gasteiger partial charge in [0.05, 0.1) is 5.69 Å². The molecule has 1 heterocycles. The lowest BCUT2D eigenvalue weighted by Crippen LogP contribution is -2.14. The van der Waals surface area contributed by atoms with Gasteiger partial charge in [-0.2, -0.15) is 0 Å². The van der Waals surface area contributed by atoms with E-state index in [0.717, 1.165) is 10.6 Å². The van der Waals surface area contributed by atoms with Crippen molar-refractivity contribution in [2.24, 2.45) is 0 Å². The molecule has 3 rings (SSSR count). The molecule has 0 radical (unpaired) electrons. The molecule has 0 fully saturated rings. The zero-order valence-electron chi connectivity index (χ0n) is 13.6. The third-order valence-corrected chi connectivity index (χ3v) is 4.34. The Morgan fingerprint density at radius 1 is 1.12 bits per heavy atom. The lowest BCUT2D eigenvalue weighted by Gasteiger charge is -2.06. The van der Waals surface area contributed by atoms with Crippen LogP contribution in [0.1, 0.15) is 11.3 Å². The first kappa shape index (κ1) is 17.1. The number of aromatic nitrogens is 1. The maximum Gasteiger partial charge on any atom is 0.344 e. The minimum Gasteiger partial charge on any atom is -0.482 e. The van der Waals surface area contributed by atoms with Crippen LogP contribution < -0.4 is 4.74 Å². The van der Waals surface area contributed by atoms with Gasteiger partial charge in [-0.25, -0.2) is 14.2 Å². The van der Waals surface area contributed by atoms with Crippen LogP contribution in [-0.2, 0) is 16.1 Å². The highest BCUT2D eigenvalue weighted by Crippen LogP contribution is 2.24. The van der Waals surface area contributed by atoms with Crippen molar-refractivity contribution in [3.8, 4) is 16.3 Å². The van der Waals surface area contributed by atoms with E-state index in [9.17, 15) is 9.18 Å². The van der Waals surface area contributed by atoms with Gasteiger partial charge in [-0.05, 0) is 31.2 Å². The van der Waals surface area contributed by atoms with Gasteiger partial charge >= 0.3 is 5.97 Å². The fraction of sp³-hybridized carbons (Fsp3) is 0.158. The topological polar surface area (TPSA) is 48.4 Å². The molecule has 0 aliphatic rings. The predicted molar refractivity (Wildman–Crippen MR) is 94.0 cm³/mol. The average Bonchev–Trinajstić information content (AvgIpc) is 3.09. The molecule has 0 atom stereocenters. The second-order valence-electron chi connectivity index (χ2n) is 5.41. The Morgan fingerprint density at radius 2 is 1.84 bits per heavy atom. The first-order chi connectivity index (χ1) is 12.1. The van der Waals surface area contributed by atoms with Crippen LogP contribution in [0.25, 0.3) is 10.6 Å². The van der Waals surface area contributed by atoms with E-state index in [0.29, 0.717) is 11.4 Å². The fourth-order valence-corrected chi connectivity index (χ4v) is 2.88. The Kier molecular flexibility index (Phi) is 5.40. The zero-order valence-corrected chi connectivity index (χ0v) is 14.4. The van der Waals surface area contributed by atoms with Crippen LogP contribution >= 0.6 is 11.3 Å². The summed E-state index contributed by atoms with van der Waals surface area (Å²) in [6.45, 7) is 1.89. The second kappa shape index (κ2) is 7.90. The SMILES string of the molecule is Cc1ccc(-c2nc(COC(=O)COc3ccc(F)cc3)cs2)cc1. The average molecular weight is 357 g/mol. The van der Waals surface area contributed by atoms with Crippen LogP contribution in [0.15, 0.2) is 53.9 Å². The highest BCUT2D eigenvalue weighted by atomic mass is 32.1. The lowest BCUT2D eigenvalue weighted by molar-refractivity contribution is -0.147. The number of carbonyl (C=O) groups is 1. The molecule has 0 aliphatic heterocycles. The highest BCUT2D eigenvalue weighted by Gasteiger charge is 2.09. The van der Waals surface area contributed by atoms with Gasteiger partial charge < -0.3 is 9.47 Å². The second-order valence-corrected chi connectivity index (χ2v) is 6.27. The Balaban J connectivity index is 1.49. The van der Waals surface area contributed by atoms with E-state index in [1.54, 1.807) is 0 Å². The summed E-state index contributed by atoms with van der Waals surface area (Å²) in [5.74, 6) is -0.453. The first-order valence-corrected chi connectivity index (χ1v) is 8.53. The number of esters is 1. The zero-order chi connectivity index (χ0) is 17.6. The summed E-state index contributed by atoms with van der Waals surface area (Å²) in [7, 11) is 0. The van der Waals surface area contributed by atoms with Crippen molar-refractivity contribution in [2.45, 2.75) is 13.5 Å². The van der Waals surface area contributed by atoms with Crippen molar-refractivity contribution in [3.63, 3.8) is 0 Å². The van der Waals surface area contributed by atoms with Crippen molar-refractivity contribution < 1.29 is 18.7 Å². The smallest absolute Gasteiger partial charge is 0.344 e. The molecule has 25 heavy (non-hydrogen) atoms. The van der Waals surface area contributed by atoms with Crippen molar-refractivity contribution in [1.82, 2.24) is 4.98 Å². The normalized spacial score (nSPS) is 10.5. The van der Waals surface area contributed by atoms with E-state index < -0.39 is 5.97 Å². The number of thiazole rings is 1. The molecular formula is C19H16FNO3S. The number of nitrogens with zero attached hydrogens (tertiary/aromatic N) is 1. The van der Waals surface area contributed by atoms with Crippen molar-refractivity contribution in [3.05, 3.63) is 71.0 Å². The molecule has 6 heteroatoms. The number of hydrogen-bond acceptors (Lipinski definition) is 5. The summed E-state index contributed by atoms with van der Waals surface area (Å²) in [4.78, 5) is 16.2. The molecular weight excluding hydrogens is 341 g/mol. The van der Waals surface area contributed by atoms with Crippen molar-refractivity contribution in [2.75, 3.05) is 6.61 Å². The van der Waals surface area contributed by atoms with Gasteiger partial charge in [0.1, 0.15) is 23.2 Å². The van der Waals surface area contributed by atoms with Crippen molar-refractivity contribution >= 4 is 17.3 Å². The molecule has 0 bridgehead atoms. The summed E-state index contributed by atoms with van der Waals surface area (Å²) < 4.78 is 23.2. The van der Waals surface area contributed by atoms with E-state index in [1.165, 1.54) is 41.2 Å². The summed E-state index contributed by atoms with van der Waals surface area (Å²) in [5.41, 5.74) is 2.92. The van der Waals surface area contributed by atoms with E-state index in [1.807, 2.05) is 36.6 Å². The Labute approximate surface area is 148 Å². The standard InChI is InChI=1S/C19H16FNO3S/c1-13-2-4-14(5-3-13)19-21-16(12-25-19)10-24-18(22)11-23-17-8-6-15(20)7-9-17/h2-9,12H,10-11H2,1H3. The molecule has 2 aromatic carbocycles. The molecule has 0 aliphatic carbocycles. The Bertz CT molecular complexity index is 844. The monoisotopic (exact) mass is 357 g/mol. The predicted octanol–water partition coefficient (Wildman–Crippen LogP) is 4.38. The van der Waals surface area contributed by atoms with Crippen LogP contribution in [-0.4, -0.2) is 17.6 Å². The van der Waals surface area contributed by atoms with E-state index >= 15 is 0 Å². The summed E-state index contributed by atoms with van der Waals surface area (Å²) in [6.07, 6.45) is 0. The van der Waals surface area contributed by atoms with Crippen LogP contribution in [0.2, 0.25) is 0 Å². The van der Waals surface area contributed by atoms with Gasteiger partial charge in [0.25, 0.3) is 0 Å². The third-order valence-electron chi connectivity index (χ3n) is 3.40. The van der Waals surface area contributed by atoms with E-state index in [-0.39, 0.29) is 19.0 Å². The van der Waals surface area contributed by atoms with Crippen LogP contribution in [0.4, 0.5) is 4.39 Å². The van der Waals surface area contributed by atoms with Gasteiger partial charge in [0.15, 0.2) is 6.61 Å². The number of ether oxygens (including phenoxy) is 2. The number of rotatable bonds is 6. The molecule has 0 unspecified atom stereocenters. The lowest BCUT2D eigenvalue weighted by atomic mass is 10.2. The Hall–Kier alpha value is -2.73. The number of carbonyl (C=O) groups excluding carboxylic acids is 1. The number of halogens is 1. The first-order valence-electron chi connectivity index (χ1n) is 7.65. The van der Waals surface area contributed by atoms with Gasteiger partial charge in [0.2, 0.25) is 0 Å². The van der Waals surface area contributed by atoms with E-state index in [4.69, 9.17) is 9.47 Å². The summed E-state index contributed by atoms with van der Waals surface area (Å²) >= 11 is 1.50. The highest BCUT2D eigenvalue weighted by molar-refractivity contribution is 7.13. The van der Waals surface area contributed by atoms with Gasteiger partial charge in [0, 0.05) is 10.9 Å². The van der Waals surface area contributed by atoms with Crippen LogP contribution in [0.5, 0.6) is 5.75 Å². The quantitative estimate of drug-likeness (QED) is 0.614. The maximum atomic E-state index is 12.8. The molecule has 128 valence electrons. The third kappa shape index (κ3) is 4.87. The molecule has 0 saturated heterocycles. The van der Waals surface area contributed by atoms with Gasteiger partial charge in [-0.15, -0.1) is 11.3 Å². The van der Waals surface area contributed by atoms with Crippen LogP contribution in [0.3, 0.4) is 0 Å². The Morgan fingerprint density at radius 3 is 2.56 bits per heavy atom. The number of benzene rings is 2. The van der Waals surface area contributed by atoms with E-state index in [2.05, 4.69) is 4.98 Å². The summed E-state index contributed by atoms with van der Waals surface area (Å²) in [6, 6.07) is 13.5. The minimum absolute atomic E-state index is 0.0912. The molecule has 1 aromatic heterocycles. The number of hydrogen-bond donors (Lipinski definition) is 0. The fourth-order valence-electron chi connectivity index (χ4n) is 2.07. The summed E-state index contributed by atoms with van der Waals surface area (Å²) in [5, 5.41) is 2.75. The molecule has 0 spiro atoms. The largest absolute Gasteiger partial charge is 0.482 e. The van der Waals surface area contributed by atoms with Crippen LogP contribution in [0, 0.1) is 12.7 Å². The molecule has 0 amide bonds. The molecule has 0 N–H and O–H groups in total. The maximum absolute atomic E-state index is 12.8. The molecule has 4 nitrogen and oxygen atoms in total. The minimum atomic E-state index is -0.505. The molecule has 3 aromatic rings. The van der Waals surface area contributed by atoms with Gasteiger partial charge in [-0.3, -0.25) is 0 Å².